The van der Waals surface area contributed by atoms with E-state index in [1.54, 1.807) is 17.5 Å². The monoisotopic (exact) mass is 348 g/mol. The van der Waals surface area contributed by atoms with Crippen molar-refractivity contribution in [1.29, 1.82) is 5.26 Å². The lowest BCUT2D eigenvalue weighted by Gasteiger charge is -2.30. The van der Waals surface area contributed by atoms with E-state index in [1.165, 1.54) is 16.9 Å². The van der Waals surface area contributed by atoms with E-state index < -0.39 is 0 Å². The second-order valence-corrected chi connectivity index (χ2v) is 7.65. The van der Waals surface area contributed by atoms with Gasteiger partial charge in [0.2, 0.25) is 0 Å². The molecule has 126 valence electrons. The summed E-state index contributed by atoms with van der Waals surface area (Å²) in [5, 5.41) is 14.1. The zero-order chi connectivity index (χ0) is 17.2. The zero-order valence-electron chi connectivity index (χ0n) is 14.2. The van der Waals surface area contributed by atoms with Gasteiger partial charge < -0.3 is 10.2 Å². The summed E-state index contributed by atoms with van der Waals surface area (Å²) in [4.78, 5) is 8.08. The second kappa shape index (κ2) is 6.83. The SMILES string of the molecule is CN1CCC[C@H](Nc2ncc(C#N)c3sc(-c4ccccc4)cc23)C1. The predicted molar refractivity (Wildman–Crippen MR) is 104 cm³/mol. The second-order valence-electron chi connectivity index (χ2n) is 6.60. The molecule has 4 nitrogen and oxygen atoms in total. The van der Waals surface area contributed by atoms with Crippen LogP contribution in [-0.2, 0) is 0 Å². The van der Waals surface area contributed by atoms with E-state index in [0.717, 1.165) is 35.4 Å². The Hall–Kier alpha value is -2.42. The van der Waals surface area contributed by atoms with Crippen molar-refractivity contribution in [3.63, 3.8) is 0 Å². The molecule has 1 aliphatic heterocycles. The maximum Gasteiger partial charge on any atom is 0.135 e. The normalized spacial score (nSPS) is 18.2. The number of fused-ring (bicyclic) bond motifs is 1. The molecule has 1 fully saturated rings. The fourth-order valence-electron chi connectivity index (χ4n) is 3.44. The van der Waals surface area contributed by atoms with Gasteiger partial charge in [0.15, 0.2) is 0 Å². The summed E-state index contributed by atoms with van der Waals surface area (Å²) in [6, 6.07) is 15.2. The lowest BCUT2D eigenvalue weighted by atomic mass is 10.1. The topological polar surface area (TPSA) is 52.0 Å². The largest absolute Gasteiger partial charge is 0.366 e. The molecule has 5 heteroatoms. The van der Waals surface area contributed by atoms with Crippen LogP contribution in [0.15, 0.2) is 42.6 Å². The minimum atomic E-state index is 0.405. The van der Waals surface area contributed by atoms with Crippen LogP contribution in [0.5, 0.6) is 0 Å². The molecule has 1 N–H and O–H groups in total. The van der Waals surface area contributed by atoms with E-state index >= 15 is 0 Å². The molecule has 4 rings (SSSR count). The third-order valence-corrected chi connectivity index (χ3v) is 5.92. The van der Waals surface area contributed by atoms with Crippen LogP contribution >= 0.6 is 11.3 Å². The lowest BCUT2D eigenvalue weighted by molar-refractivity contribution is 0.261. The Morgan fingerprint density at radius 2 is 2.16 bits per heavy atom. The van der Waals surface area contributed by atoms with Crippen LogP contribution < -0.4 is 5.32 Å². The first kappa shape index (κ1) is 16.1. The Kier molecular flexibility index (Phi) is 4.39. The first-order valence-electron chi connectivity index (χ1n) is 8.58. The van der Waals surface area contributed by atoms with Gasteiger partial charge >= 0.3 is 0 Å². The Morgan fingerprint density at radius 3 is 2.92 bits per heavy atom. The minimum Gasteiger partial charge on any atom is -0.366 e. The lowest BCUT2D eigenvalue weighted by Crippen LogP contribution is -2.39. The van der Waals surface area contributed by atoms with Crippen LogP contribution in [0.25, 0.3) is 20.5 Å². The Balaban J connectivity index is 1.75. The molecule has 0 bridgehead atoms. The number of pyridine rings is 1. The Bertz CT molecular complexity index is 926. The molecule has 2 aromatic heterocycles. The molecule has 1 atom stereocenters. The number of rotatable bonds is 3. The summed E-state index contributed by atoms with van der Waals surface area (Å²) < 4.78 is 1.02. The number of piperidine rings is 1. The highest BCUT2D eigenvalue weighted by Gasteiger charge is 2.20. The molecule has 3 aromatic rings. The fourth-order valence-corrected chi connectivity index (χ4v) is 4.57. The van der Waals surface area contributed by atoms with Crippen molar-refractivity contribution < 1.29 is 0 Å². The van der Waals surface area contributed by atoms with Crippen molar-refractivity contribution in [1.82, 2.24) is 9.88 Å². The quantitative estimate of drug-likeness (QED) is 0.765. The molecular formula is C20H20N4S. The van der Waals surface area contributed by atoms with Crippen LogP contribution in [0.4, 0.5) is 5.82 Å². The number of thiophene rings is 1. The average molecular weight is 348 g/mol. The highest BCUT2D eigenvalue weighted by atomic mass is 32.1. The predicted octanol–water partition coefficient (Wildman–Crippen LogP) is 4.34. The number of nitriles is 1. The summed E-state index contributed by atoms with van der Waals surface area (Å²) in [5.74, 6) is 0.896. The maximum atomic E-state index is 9.45. The number of likely N-dealkylation sites (N-methyl/N-ethyl adjacent to an activating group) is 1. The third kappa shape index (κ3) is 3.23. The smallest absolute Gasteiger partial charge is 0.135 e. The van der Waals surface area contributed by atoms with E-state index in [0.29, 0.717) is 11.6 Å². The Morgan fingerprint density at radius 1 is 1.32 bits per heavy atom. The van der Waals surface area contributed by atoms with Crippen molar-refractivity contribution in [2.24, 2.45) is 0 Å². The van der Waals surface area contributed by atoms with E-state index in [9.17, 15) is 5.26 Å². The van der Waals surface area contributed by atoms with Crippen molar-refractivity contribution in [2.45, 2.75) is 18.9 Å². The molecule has 1 aromatic carbocycles. The fraction of sp³-hybridized carbons (Fsp3) is 0.300. The molecule has 0 saturated carbocycles. The molecule has 3 heterocycles. The Labute approximate surface area is 151 Å². The van der Waals surface area contributed by atoms with Crippen molar-refractivity contribution in [2.75, 3.05) is 25.5 Å². The minimum absolute atomic E-state index is 0.405. The van der Waals surface area contributed by atoms with Gasteiger partial charge in [-0.1, -0.05) is 30.3 Å². The third-order valence-electron chi connectivity index (χ3n) is 4.70. The molecule has 0 amide bonds. The first-order valence-corrected chi connectivity index (χ1v) is 9.39. The van der Waals surface area contributed by atoms with Crippen LogP contribution in [0.1, 0.15) is 18.4 Å². The highest BCUT2D eigenvalue weighted by molar-refractivity contribution is 7.22. The van der Waals surface area contributed by atoms with Crippen LogP contribution in [-0.4, -0.2) is 36.1 Å². The summed E-state index contributed by atoms with van der Waals surface area (Å²) in [6.07, 6.45) is 4.05. The van der Waals surface area contributed by atoms with Gasteiger partial charge in [0.25, 0.3) is 0 Å². The molecule has 25 heavy (non-hydrogen) atoms. The molecule has 0 radical (unpaired) electrons. The van der Waals surface area contributed by atoms with E-state index in [4.69, 9.17) is 0 Å². The van der Waals surface area contributed by atoms with Crippen LogP contribution in [0.2, 0.25) is 0 Å². The van der Waals surface area contributed by atoms with Crippen molar-refractivity contribution in [3.05, 3.63) is 48.2 Å². The average Bonchev–Trinajstić information content (AvgIpc) is 3.09. The van der Waals surface area contributed by atoms with Gasteiger partial charge in [0, 0.05) is 29.0 Å². The van der Waals surface area contributed by atoms with Gasteiger partial charge in [-0.2, -0.15) is 5.26 Å². The van der Waals surface area contributed by atoms with Gasteiger partial charge in [0.05, 0.1) is 10.3 Å². The summed E-state index contributed by atoms with van der Waals surface area (Å²) >= 11 is 1.67. The summed E-state index contributed by atoms with van der Waals surface area (Å²) in [5.41, 5.74) is 1.82. The van der Waals surface area contributed by atoms with Gasteiger partial charge in [-0.15, -0.1) is 11.3 Å². The first-order chi connectivity index (χ1) is 12.2. The standard InChI is InChI=1S/C20H20N4S/c1-24-9-5-8-16(13-24)23-20-17-10-18(14-6-3-2-4-7-14)25-19(17)15(11-21)12-22-20/h2-4,6-7,10,12,16H,5,8-9,13H2,1H3,(H,22,23)/t16-/m0/s1. The molecule has 0 unspecified atom stereocenters. The number of nitrogens with zero attached hydrogens (tertiary/aromatic N) is 3. The van der Waals surface area contributed by atoms with Gasteiger partial charge in [0.1, 0.15) is 11.9 Å². The van der Waals surface area contributed by atoms with E-state index in [1.807, 2.05) is 18.2 Å². The number of aromatic nitrogens is 1. The summed E-state index contributed by atoms with van der Waals surface area (Å²) in [7, 11) is 2.16. The number of likely N-dealkylation sites (tertiary alicyclic amines) is 1. The van der Waals surface area contributed by atoms with Gasteiger partial charge in [-0.05, 0) is 38.1 Å². The number of anilines is 1. The molecule has 0 spiro atoms. The number of hydrogen-bond donors (Lipinski definition) is 1. The van der Waals surface area contributed by atoms with Crippen LogP contribution in [0, 0.1) is 11.3 Å². The highest BCUT2D eigenvalue weighted by Crippen LogP contribution is 2.38. The van der Waals surface area contributed by atoms with Gasteiger partial charge in [-0.3, -0.25) is 0 Å². The number of hydrogen-bond acceptors (Lipinski definition) is 5. The van der Waals surface area contributed by atoms with E-state index in [2.05, 4.69) is 46.5 Å². The van der Waals surface area contributed by atoms with E-state index in [-0.39, 0.29) is 0 Å². The number of benzene rings is 1. The molecule has 1 saturated heterocycles. The molecule has 1 aliphatic rings. The molecule has 0 aliphatic carbocycles. The molecular weight excluding hydrogens is 328 g/mol. The zero-order valence-corrected chi connectivity index (χ0v) is 15.0. The van der Waals surface area contributed by atoms with Crippen LogP contribution in [0.3, 0.4) is 0 Å². The maximum absolute atomic E-state index is 9.45. The van der Waals surface area contributed by atoms with Crippen molar-refractivity contribution >= 4 is 27.2 Å². The van der Waals surface area contributed by atoms with Gasteiger partial charge in [-0.25, -0.2) is 4.98 Å². The summed E-state index contributed by atoms with van der Waals surface area (Å²) in [6.45, 7) is 2.18. The number of nitrogens with one attached hydrogen (secondary N) is 1. The van der Waals surface area contributed by atoms with Crippen molar-refractivity contribution in [3.8, 4) is 16.5 Å².